The third-order valence-electron chi connectivity index (χ3n) is 3.11. The highest BCUT2D eigenvalue weighted by atomic mass is 35.5. The van der Waals surface area contributed by atoms with Gasteiger partial charge in [0.15, 0.2) is 0 Å². The number of hydrogen-bond donors (Lipinski definition) is 0. The minimum Gasteiger partial charge on any atom is -0.374 e. The molecule has 19 heavy (non-hydrogen) atoms. The molecule has 100 valence electrons. The lowest BCUT2D eigenvalue weighted by Gasteiger charge is -2.20. The van der Waals surface area contributed by atoms with E-state index in [0.717, 1.165) is 29.2 Å². The molecule has 0 saturated heterocycles. The number of nitrogens with zero attached hydrogens (tertiary/aromatic N) is 2. The number of anilines is 1. The largest absolute Gasteiger partial charge is 0.374 e. The fourth-order valence-electron chi connectivity index (χ4n) is 1.86. The van der Waals surface area contributed by atoms with E-state index >= 15 is 0 Å². The van der Waals surface area contributed by atoms with E-state index in [1.807, 2.05) is 36.7 Å². The van der Waals surface area contributed by atoms with Crippen LogP contribution in [0.5, 0.6) is 0 Å². The van der Waals surface area contributed by atoms with Gasteiger partial charge in [0.05, 0.1) is 0 Å². The highest BCUT2D eigenvalue weighted by molar-refractivity contribution is 6.32. The Bertz CT molecular complexity index is 529. The molecule has 2 rings (SSSR count). The van der Waals surface area contributed by atoms with Crippen molar-refractivity contribution in [3.05, 3.63) is 58.9 Å². The van der Waals surface area contributed by atoms with Gasteiger partial charge in [-0.3, -0.25) is 4.98 Å². The summed E-state index contributed by atoms with van der Waals surface area (Å²) in [7, 11) is 2.06. The monoisotopic (exact) mass is 294 g/mol. The molecule has 0 radical (unpaired) electrons. The van der Waals surface area contributed by atoms with Gasteiger partial charge in [0.2, 0.25) is 0 Å². The molecule has 2 aromatic rings. The molecule has 0 atom stereocenters. The van der Waals surface area contributed by atoms with Crippen LogP contribution in [0.3, 0.4) is 0 Å². The van der Waals surface area contributed by atoms with Gasteiger partial charge in [0.25, 0.3) is 0 Å². The Balaban J connectivity index is 2.00. The molecule has 0 aliphatic heterocycles. The number of benzene rings is 1. The lowest BCUT2D eigenvalue weighted by molar-refractivity contribution is 0.874. The van der Waals surface area contributed by atoms with Crippen molar-refractivity contribution >= 4 is 28.9 Å². The maximum Gasteiger partial charge on any atom is 0.0488 e. The molecule has 0 spiro atoms. The number of rotatable bonds is 5. The van der Waals surface area contributed by atoms with Gasteiger partial charge in [-0.05, 0) is 41.8 Å². The molecule has 0 N–H and O–H groups in total. The highest BCUT2D eigenvalue weighted by Gasteiger charge is 2.05. The first-order valence-corrected chi connectivity index (χ1v) is 7.06. The van der Waals surface area contributed by atoms with Crippen LogP contribution >= 0.6 is 23.2 Å². The van der Waals surface area contributed by atoms with Crippen LogP contribution < -0.4 is 4.90 Å². The smallest absolute Gasteiger partial charge is 0.0488 e. The predicted molar refractivity (Wildman–Crippen MR) is 82.2 cm³/mol. The molecule has 0 bridgehead atoms. The van der Waals surface area contributed by atoms with E-state index in [1.165, 1.54) is 5.56 Å². The summed E-state index contributed by atoms with van der Waals surface area (Å²) < 4.78 is 0. The van der Waals surface area contributed by atoms with Gasteiger partial charge in [-0.1, -0.05) is 17.7 Å². The Morgan fingerprint density at radius 2 is 1.89 bits per heavy atom. The molecule has 0 aliphatic rings. The minimum atomic E-state index is 0.444. The Morgan fingerprint density at radius 1 is 1.16 bits per heavy atom. The maximum atomic E-state index is 6.17. The van der Waals surface area contributed by atoms with Gasteiger partial charge in [-0.15, -0.1) is 11.6 Å². The van der Waals surface area contributed by atoms with Gasteiger partial charge >= 0.3 is 0 Å². The van der Waals surface area contributed by atoms with E-state index in [1.54, 1.807) is 0 Å². The van der Waals surface area contributed by atoms with Crippen molar-refractivity contribution in [3.8, 4) is 0 Å². The van der Waals surface area contributed by atoms with Crippen molar-refractivity contribution in [3.63, 3.8) is 0 Å². The Morgan fingerprint density at radius 3 is 2.53 bits per heavy atom. The number of halogens is 2. The average molecular weight is 295 g/mol. The van der Waals surface area contributed by atoms with E-state index < -0.39 is 0 Å². The highest BCUT2D eigenvalue weighted by Crippen LogP contribution is 2.24. The van der Waals surface area contributed by atoms with Gasteiger partial charge in [0, 0.05) is 42.6 Å². The topological polar surface area (TPSA) is 16.1 Å². The maximum absolute atomic E-state index is 6.17. The second-order valence-electron chi connectivity index (χ2n) is 4.44. The first-order chi connectivity index (χ1) is 9.20. The standard InChI is InChI=1S/C15H16Cl2N2/c1-19(9-6-12-4-7-18-8-5-12)14-3-2-13(11-16)15(17)10-14/h2-5,7-8,10H,6,9,11H2,1H3. The van der Waals surface area contributed by atoms with Crippen LogP contribution in [0.1, 0.15) is 11.1 Å². The third kappa shape index (κ3) is 3.85. The zero-order chi connectivity index (χ0) is 13.7. The summed E-state index contributed by atoms with van der Waals surface area (Å²) in [4.78, 5) is 6.20. The summed E-state index contributed by atoms with van der Waals surface area (Å²) >= 11 is 12.0. The normalized spacial score (nSPS) is 10.5. The fourth-order valence-corrected chi connectivity index (χ4v) is 2.40. The Kier molecular flexibility index (Phi) is 5.06. The summed E-state index contributed by atoms with van der Waals surface area (Å²) in [5, 5.41) is 0.725. The van der Waals surface area contributed by atoms with Crippen molar-refractivity contribution < 1.29 is 0 Å². The molecule has 1 aromatic carbocycles. The molecular weight excluding hydrogens is 279 g/mol. The molecule has 2 nitrogen and oxygen atoms in total. The molecule has 0 fully saturated rings. The SMILES string of the molecule is CN(CCc1ccncc1)c1ccc(CCl)c(Cl)c1. The second kappa shape index (κ2) is 6.78. The average Bonchev–Trinajstić information content (AvgIpc) is 2.45. The quantitative estimate of drug-likeness (QED) is 0.770. The van der Waals surface area contributed by atoms with Crippen LogP contribution in [-0.2, 0) is 12.3 Å². The number of alkyl halides is 1. The summed E-state index contributed by atoms with van der Waals surface area (Å²) in [5.41, 5.74) is 3.35. The molecule has 4 heteroatoms. The fraction of sp³-hybridized carbons (Fsp3) is 0.267. The van der Waals surface area contributed by atoms with Crippen LogP contribution in [0.15, 0.2) is 42.7 Å². The Labute approximate surface area is 124 Å². The predicted octanol–water partition coefficient (Wildman–Crippen LogP) is 4.15. The van der Waals surface area contributed by atoms with Crippen LogP contribution in [0.4, 0.5) is 5.69 Å². The molecule has 0 amide bonds. The molecule has 1 heterocycles. The number of aromatic nitrogens is 1. The summed E-state index contributed by atoms with van der Waals surface area (Å²) in [6, 6.07) is 10.1. The minimum absolute atomic E-state index is 0.444. The van der Waals surface area contributed by atoms with Gasteiger partial charge in [-0.2, -0.15) is 0 Å². The Hall–Kier alpha value is -1.25. The van der Waals surface area contributed by atoms with Gasteiger partial charge < -0.3 is 4.90 Å². The molecule has 0 aliphatic carbocycles. The molecular formula is C15H16Cl2N2. The van der Waals surface area contributed by atoms with Crippen LogP contribution in [0.2, 0.25) is 5.02 Å². The number of hydrogen-bond acceptors (Lipinski definition) is 2. The van der Waals surface area contributed by atoms with Crippen molar-refractivity contribution in [2.45, 2.75) is 12.3 Å². The van der Waals surface area contributed by atoms with E-state index in [9.17, 15) is 0 Å². The van der Waals surface area contributed by atoms with Gasteiger partial charge in [0.1, 0.15) is 0 Å². The number of likely N-dealkylation sites (N-methyl/N-ethyl adjacent to an activating group) is 1. The first-order valence-electron chi connectivity index (χ1n) is 6.15. The van der Waals surface area contributed by atoms with E-state index in [4.69, 9.17) is 23.2 Å². The second-order valence-corrected chi connectivity index (χ2v) is 5.11. The van der Waals surface area contributed by atoms with E-state index in [0.29, 0.717) is 5.88 Å². The van der Waals surface area contributed by atoms with E-state index in [2.05, 4.69) is 23.0 Å². The summed E-state index contributed by atoms with van der Waals surface area (Å²) in [6.45, 7) is 0.931. The first kappa shape index (κ1) is 14.2. The zero-order valence-corrected chi connectivity index (χ0v) is 12.3. The van der Waals surface area contributed by atoms with Crippen molar-refractivity contribution in [2.24, 2.45) is 0 Å². The van der Waals surface area contributed by atoms with Gasteiger partial charge in [-0.25, -0.2) is 0 Å². The third-order valence-corrected chi connectivity index (χ3v) is 3.75. The summed E-state index contributed by atoms with van der Waals surface area (Å²) in [6.07, 6.45) is 4.62. The van der Waals surface area contributed by atoms with Crippen LogP contribution in [-0.4, -0.2) is 18.6 Å². The number of pyridine rings is 1. The van der Waals surface area contributed by atoms with Crippen LogP contribution in [0, 0.1) is 0 Å². The lowest BCUT2D eigenvalue weighted by Crippen LogP contribution is -2.20. The van der Waals surface area contributed by atoms with Crippen molar-refractivity contribution in [1.82, 2.24) is 4.98 Å². The van der Waals surface area contributed by atoms with E-state index in [-0.39, 0.29) is 0 Å². The summed E-state index contributed by atoms with van der Waals surface area (Å²) in [5.74, 6) is 0.444. The molecule has 0 unspecified atom stereocenters. The van der Waals surface area contributed by atoms with Crippen molar-refractivity contribution in [1.29, 1.82) is 0 Å². The lowest BCUT2D eigenvalue weighted by atomic mass is 10.1. The zero-order valence-electron chi connectivity index (χ0n) is 10.8. The van der Waals surface area contributed by atoms with Crippen molar-refractivity contribution in [2.75, 3.05) is 18.5 Å². The molecule has 0 saturated carbocycles. The van der Waals surface area contributed by atoms with Crippen LogP contribution in [0.25, 0.3) is 0 Å². The molecule has 1 aromatic heterocycles.